The molecule has 1 fully saturated rings. The Bertz CT molecular complexity index is 470. The number of carbonyl (C=O) groups is 1. The van der Waals surface area contributed by atoms with Crippen molar-refractivity contribution in [2.75, 3.05) is 13.2 Å². The highest BCUT2D eigenvalue weighted by molar-refractivity contribution is 5.89. The molecule has 1 aliphatic rings. The fraction of sp³-hybridized carbons (Fsp3) is 0.500. The fourth-order valence-electron chi connectivity index (χ4n) is 2.20. The molecular weight excluding hydrogens is 254 g/mol. The second-order valence-corrected chi connectivity index (χ2v) is 4.46. The van der Waals surface area contributed by atoms with Gasteiger partial charge in [0, 0.05) is 6.42 Å². The van der Waals surface area contributed by atoms with Crippen LogP contribution >= 0.6 is 0 Å². The zero-order valence-corrected chi connectivity index (χ0v) is 10.9. The predicted octanol–water partition coefficient (Wildman–Crippen LogP) is 2.93. The van der Waals surface area contributed by atoms with Crippen LogP contribution in [0.1, 0.15) is 25.8 Å². The van der Waals surface area contributed by atoms with Crippen LogP contribution in [0.4, 0.5) is 8.78 Å². The van der Waals surface area contributed by atoms with E-state index in [4.69, 9.17) is 9.47 Å². The van der Waals surface area contributed by atoms with E-state index >= 15 is 0 Å². The largest absolute Gasteiger partial charge is 0.494 e. The maximum absolute atomic E-state index is 13.6. The van der Waals surface area contributed by atoms with Crippen molar-refractivity contribution in [1.29, 1.82) is 0 Å². The first kappa shape index (κ1) is 13.8. The van der Waals surface area contributed by atoms with Crippen LogP contribution in [-0.4, -0.2) is 25.1 Å². The SMILES string of the molecule is CCOC(=O)C1(c2ccc(OCC)cc2)CC1(F)F. The first-order chi connectivity index (χ1) is 8.98. The van der Waals surface area contributed by atoms with Gasteiger partial charge in [-0.25, -0.2) is 8.78 Å². The second kappa shape index (κ2) is 4.79. The highest BCUT2D eigenvalue weighted by Gasteiger charge is 2.77. The first-order valence-corrected chi connectivity index (χ1v) is 6.26. The van der Waals surface area contributed by atoms with Gasteiger partial charge in [-0.3, -0.25) is 4.79 Å². The van der Waals surface area contributed by atoms with Crippen molar-refractivity contribution in [2.24, 2.45) is 0 Å². The van der Waals surface area contributed by atoms with Gasteiger partial charge in [-0.1, -0.05) is 12.1 Å². The molecule has 1 aromatic rings. The lowest BCUT2D eigenvalue weighted by Crippen LogP contribution is -2.29. The van der Waals surface area contributed by atoms with Gasteiger partial charge in [-0.2, -0.15) is 0 Å². The van der Waals surface area contributed by atoms with Gasteiger partial charge >= 0.3 is 5.97 Å². The zero-order chi connectivity index (χ0) is 14.1. The number of alkyl halides is 2. The Morgan fingerprint density at radius 2 is 1.79 bits per heavy atom. The minimum absolute atomic E-state index is 0.0910. The fourth-order valence-corrected chi connectivity index (χ4v) is 2.20. The zero-order valence-electron chi connectivity index (χ0n) is 10.9. The van der Waals surface area contributed by atoms with Crippen molar-refractivity contribution in [3.8, 4) is 5.75 Å². The first-order valence-electron chi connectivity index (χ1n) is 6.26. The molecule has 0 N–H and O–H groups in total. The van der Waals surface area contributed by atoms with Crippen LogP contribution < -0.4 is 4.74 Å². The maximum atomic E-state index is 13.6. The van der Waals surface area contributed by atoms with Crippen molar-refractivity contribution in [2.45, 2.75) is 31.6 Å². The van der Waals surface area contributed by atoms with Crippen LogP contribution in [0.25, 0.3) is 0 Å². The van der Waals surface area contributed by atoms with Gasteiger partial charge in [0.2, 0.25) is 0 Å². The summed E-state index contributed by atoms with van der Waals surface area (Å²) in [5, 5.41) is 0. The Kier molecular flexibility index (Phi) is 3.47. The van der Waals surface area contributed by atoms with Gasteiger partial charge in [0.25, 0.3) is 5.92 Å². The quantitative estimate of drug-likeness (QED) is 0.772. The Hall–Kier alpha value is -1.65. The maximum Gasteiger partial charge on any atom is 0.322 e. The Morgan fingerprint density at radius 3 is 2.21 bits per heavy atom. The van der Waals surface area contributed by atoms with E-state index in [1.807, 2.05) is 6.92 Å². The molecule has 1 atom stereocenters. The molecule has 19 heavy (non-hydrogen) atoms. The molecule has 1 aromatic carbocycles. The third kappa shape index (κ3) is 2.17. The van der Waals surface area contributed by atoms with Crippen molar-refractivity contribution < 1.29 is 23.0 Å². The predicted molar refractivity (Wildman–Crippen MR) is 65.5 cm³/mol. The summed E-state index contributed by atoms with van der Waals surface area (Å²) in [5.41, 5.74) is -1.53. The summed E-state index contributed by atoms with van der Waals surface area (Å²) in [7, 11) is 0. The minimum atomic E-state index is -3.04. The topological polar surface area (TPSA) is 35.5 Å². The monoisotopic (exact) mass is 270 g/mol. The summed E-state index contributed by atoms with van der Waals surface area (Å²) in [5.74, 6) is -3.30. The van der Waals surface area contributed by atoms with Crippen molar-refractivity contribution in [1.82, 2.24) is 0 Å². The second-order valence-electron chi connectivity index (χ2n) is 4.46. The number of carbonyl (C=O) groups excluding carboxylic acids is 1. The van der Waals surface area contributed by atoms with E-state index in [1.165, 1.54) is 12.1 Å². The molecule has 3 nitrogen and oxygen atoms in total. The molecule has 1 saturated carbocycles. The van der Waals surface area contributed by atoms with Crippen molar-refractivity contribution in [3.63, 3.8) is 0 Å². The standard InChI is InChI=1S/C14H16F2O3/c1-3-18-11-7-5-10(6-8-11)13(9-14(13,15)16)12(17)19-4-2/h5-8H,3-4,9H2,1-2H3. The number of halogens is 2. The summed E-state index contributed by atoms with van der Waals surface area (Å²) in [6.07, 6.45) is -0.493. The molecule has 0 spiro atoms. The molecule has 2 rings (SSSR count). The molecule has 5 heteroatoms. The van der Waals surface area contributed by atoms with Gasteiger partial charge in [-0.15, -0.1) is 0 Å². The Labute approximate surface area is 110 Å². The normalized spacial score (nSPS) is 23.8. The van der Waals surface area contributed by atoms with E-state index in [1.54, 1.807) is 19.1 Å². The summed E-state index contributed by atoms with van der Waals surface area (Å²) >= 11 is 0. The lowest BCUT2D eigenvalue weighted by Gasteiger charge is -2.15. The molecule has 0 radical (unpaired) electrons. The van der Waals surface area contributed by atoms with Gasteiger partial charge in [0.05, 0.1) is 13.2 Å². The van der Waals surface area contributed by atoms with Crippen LogP contribution in [0, 0.1) is 0 Å². The summed E-state index contributed by atoms with van der Waals surface area (Å²) in [4.78, 5) is 11.8. The molecule has 0 aromatic heterocycles. The number of esters is 1. The Morgan fingerprint density at radius 1 is 1.21 bits per heavy atom. The van der Waals surface area contributed by atoms with Gasteiger partial charge in [-0.05, 0) is 31.5 Å². The van der Waals surface area contributed by atoms with E-state index in [0.717, 1.165) is 0 Å². The van der Waals surface area contributed by atoms with E-state index in [-0.39, 0.29) is 12.2 Å². The van der Waals surface area contributed by atoms with Crippen LogP contribution in [0.2, 0.25) is 0 Å². The smallest absolute Gasteiger partial charge is 0.322 e. The molecule has 1 unspecified atom stereocenters. The van der Waals surface area contributed by atoms with E-state index in [9.17, 15) is 13.6 Å². The molecular formula is C14H16F2O3. The number of hydrogen-bond donors (Lipinski definition) is 0. The highest BCUT2D eigenvalue weighted by Crippen LogP contribution is 2.62. The number of rotatable bonds is 5. The summed E-state index contributed by atoms with van der Waals surface area (Å²) in [6.45, 7) is 4.03. The Balaban J connectivity index is 2.29. The third-order valence-electron chi connectivity index (χ3n) is 3.27. The van der Waals surface area contributed by atoms with Gasteiger partial charge < -0.3 is 9.47 Å². The average Bonchev–Trinajstić information content (AvgIpc) is 2.96. The van der Waals surface area contributed by atoms with Gasteiger partial charge in [0.1, 0.15) is 5.75 Å². The van der Waals surface area contributed by atoms with Gasteiger partial charge in [0.15, 0.2) is 5.41 Å². The third-order valence-corrected chi connectivity index (χ3v) is 3.27. The molecule has 104 valence electrons. The molecule has 0 heterocycles. The lowest BCUT2D eigenvalue weighted by atomic mass is 9.95. The van der Waals surface area contributed by atoms with Crippen molar-refractivity contribution >= 4 is 5.97 Å². The lowest BCUT2D eigenvalue weighted by molar-refractivity contribution is -0.149. The molecule has 0 saturated heterocycles. The number of benzene rings is 1. The van der Waals surface area contributed by atoms with Crippen LogP contribution in [0.15, 0.2) is 24.3 Å². The number of hydrogen-bond acceptors (Lipinski definition) is 3. The molecule has 1 aliphatic carbocycles. The van der Waals surface area contributed by atoms with Crippen molar-refractivity contribution in [3.05, 3.63) is 29.8 Å². The highest BCUT2D eigenvalue weighted by atomic mass is 19.3. The summed E-state index contributed by atoms with van der Waals surface area (Å²) in [6, 6.07) is 6.19. The van der Waals surface area contributed by atoms with E-state index in [0.29, 0.717) is 12.4 Å². The van der Waals surface area contributed by atoms with Crippen LogP contribution in [0.3, 0.4) is 0 Å². The number of ether oxygens (including phenoxy) is 2. The average molecular weight is 270 g/mol. The minimum Gasteiger partial charge on any atom is -0.494 e. The summed E-state index contributed by atoms with van der Waals surface area (Å²) < 4.78 is 37.3. The molecule has 0 amide bonds. The molecule has 0 bridgehead atoms. The molecule has 0 aliphatic heterocycles. The van der Waals surface area contributed by atoms with Crippen LogP contribution in [-0.2, 0) is 14.9 Å². The van der Waals surface area contributed by atoms with E-state index in [2.05, 4.69) is 0 Å². The van der Waals surface area contributed by atoms with Crippen LogP contribution in [0.5, 0.6) is 5.75 Å². The van der Waals surface area contributed by atoms with E-state index < -0.39 is 23.7 Å².